The van der Waals surface area contributed by atoms with Crippen LogP contribution in [0.4, 0.5) is 0 Å². The van der Waals surface area contributed by atoms with Gasteiger partial charge in [0.15, 0.2) is 0 Å². The average molecular weight is 277 g/mol. The van der Waals surface area contributed by atoms with Crippen LogP contribution in [0.25, 0.3) is 0 Å². The van der Waals surface area contributed by atoms with E-state index in [-0.39, 0.29) is 0 Å². The molecule has 1 aromatic carbocycles. The van der Waals surface area contributed by atoms with Crippen molar-refractivity contribution in [3.8, 4) is 5.75 Å². The minimum absolute atomic E-state index is 0.324. The molecule has 3 heteroatoms. The third kappa shape index (κ3) is 3.09. The first-order chi connectivity index (χ1) is 9.24. The lowest BCUT2D eigenvalue weighted by atomic mass is 10.1. The minimum Gasteiger partial charge on any atom is -0.488 e. The van der Waals surface area contributed by atoms with E-state index in [0.29, 0.717) is 12.1 Å². The van der Waals surface area contributed by atoms with Gasteiger partial charge in [-0.25, -0.2) is 0 Å². The molecule has 2 aliphatic rings. The SMILES string of the molecule is CSC1CCC(NCC2Cc3cc(C)ccc3O2)C1. The highest BCUT2D eigenvalue weighted by Crippen LogP contribution is 2.30. The summed E-state index contributed by atoms with van der Waals surface area (Å²) in [5.41, 5.74) is 2.70. The van der Waals surface area contributed by atoms with Crippen LogP contribution in [0, 0.1) is 6.92 Å². The number of ether oxygens (including phenoxy) is 1. The van der Waals surface area contributed by atoms with Gasteiger partial charge in [-0.15, -0.1) is 0 Å². The second kappa shape index (κ2) is 5.76. The summed E-state index contributed by atoms with van der Waals surface area (Å²) in [5, 5.41) is 4.56. The summed E-state index contributed by atoms with van der Waals surface area (Å²) < 4.78 is 6.01. The first-order valence-corrected chi connectivity index (χ1v) is 8.55. The maximum Gasteiger partial charge on any atom is 0.123 e. The second-order valence-electron chi connectivity index (χ2n) is 5.83. The van der Waals surface area contributed by atoms with Gasteiger partial charge >= 0.3 is 0 Å². The van der Waals surface area contributed by atoms with Crippen LogP contribution in [0.1, 0.15) is 30.4 Å². The molecule has 0 radical (unpaired) electrons. The Balaban J connectivity index is 1.48. The molecule has 2 nitrogen and oxygen atoms in total. The molecule has 1 fully saturated rings. The molecule has 1 saturated carbocycles. The number of benzene rings is 1. The Hall–Kier alpha value is -0.670. The molecule has 0 saturated heterocycles. The van der Waals surface area contributed by atoms with E-state index in [1.54, 1.807) is 0 Å². The Morgan fingerprint density at radius 2 is 2.26 bits per heavy atom. The molecule has 104 valence electrons. The van der Waals surface area contributed by atoms with Gasteiger partial charge in [0.05, 0.1) is 0 Å². The topological polar surface area (TPSA) is 21.3 Å². The highest BCUT2D eigenvalue weighted by Gasteiger charge is 2.27. The van der Waals surface area contributed by atoms with Gasteiger partial charge in [-0.2, -0.15) is 11.8 Å². The summed E-state index contributed by atoms with van der Waals surface area (Å²) in [7, 11) is 0. The number of thioether (sulfide) groups is 1. The lowest BCUT2D eigenvalue weighted by Gasteiger charge is -2.16. The fraction of sp³-hybridized carbons (Fsp3) is 0.625. The fourth-order valence-corrected chi connectivity index (χ4v) is 4.00. The number of fused-ring (bicyclic) bond motifs is 1. The molecule has 0 spiro atoms. The number of rotatable bonds is 4. The molecule has 1 aliphatic heterocycles. The molecule has 1 N–H and O–H groups in total. The third-order valence-electron chi connectivity index (χ3n) is 4.31. The fourth-order valence-electron chi connectivity index (χ4n) is 3.20. The summed E-state index contributed by atoms with van der Waals surface area (Å²) in [5.74, 6) is 1.09. The van der Waals surface area contributed by atoms with Gasteiger partial charge in [-0.05, 0) is 44.1 Å². The molecule has 1 heterocycles. The van der Waals surface area contributed by atoms with Crippen LogP contribution < -0.4 is 10.1 Å². The van der Waals surface area contributed by atoms with Crippen molar-refractivity contribution in [1.29, 1.82) is 0 Å². The van der Waals surface area contributed by atoms with Crippen LogP contribution in [-0.4, -0.2) is 30.2 Å². The van der Waals surface area contributed by atoms with Crippen molar-refractivity contribution in [3.63, 3.8) is 0 Å². The van der Waals surface area contributed by atoms with Crippen LogP contribution in [0.15, 0.2) is 18.2 Å². The van der Waals surface area contributed by atoms with E-state index >= 15 is 0 Å². The van der Waals surface area contributed by atoms with Gasteiger partial charge in [0.1, 0.15) is 11.9 Å². The van der Waals surface area contributed by atoms with Crippen molar-refractivity contribution in [2.45, 2.75) is 50.0 Å². The Labute approximate surface area is 120 Å². The first kappa shape index (κ1) is 13.3. The molecule has 0 amide bonds. The zero-order valence-corrected chi connectivity index (χ0v) is 12.6. The zero-order valence-electron chi connectivity index (χ0n) is 11.8. The number of nitrogens with one attached hydrogen (secondary N) is 1. The van der Waals surface area contributed by atoms with Crippen molar-refractivity contribution in [2.24, 2.45) is 0 Å². The summed E-state index contributed by atoms with van der Waals surface area (Å²) in [6, 6.07) is 7.21. The first-order valence-electron chi connectivity index (χ1n) is 7.27. The number of aryl methyl sites for hydroxylation is 1. The Bertz CT molecular complexity index is 448. The molecule has 0 aromatic heterocycles. The number of hydrogen-bond acceptors (Lipinski definition) is 3. The predicted molar refractivity (Wildman–Crippen MR) is 82.2 cm³/mol. The van der Waals surface area contributed by atoms with Crippen molar-refractivity contribution in [3.05, 3.63) is 29.3 Å². The van der Waals surface area contributed by atoms with E-state index in [9.17, 15) is 0 Å². The van der Waals surface area contributed by atoms with Crippen molar-refractivity contribution in [2.75, 3.05) is 12.8 Å². The predicted octanol–water partition coefficient (Wildman–Crippen LogP) is 3.17. The van der Waals surface area contributed by atoms with Crippen LogP contribution >= 0.6 is 11.8 Å². The molecule has 1 aromatic rings. The zero-order chi connectivity index (χ0) is 13.2. The van der Waals surface area contributed by atoms with Crippen LogP contribution in [-0.2, 0) is 6.42 Å². The lowest BCUT2D eigenvalue weighted by molar-refractivity contribution is 0.221. The van der Waals surface area contributed by atoms with Gasteiger partial charge in [-0.3, -0.25) is 0 Å². The van der Waals surface area contributed by atoms with E-state index in [1.807, 2.05) is 11.8 Å². The molecule has 19 heavy (non-hydrogen) atoms. The van der Waals surface area contributed by atoms with E-state index in [2.05, 4.69) is 36.7 Å². The molecule has 3 atom stereocenters. The normalized spacial score (nSPS) is 29.3. The standard InChI is InChI=1S/C16H23NOS/c1-11-3-6-16-12(7-11)8-14(18-16)10-17-13-4-5-15(9-13)19-2/h3,6-7,13-15,17H,4-5,8-10H2,1-2H3. The molecule has 3 rings (SSSR count). The van der Waals surface area contributed by atoms with E-state index in [4.69, 9.17) is 4.74 Å². The van der Waals surface area contributed by atoms with Gasteiger partial charge in [0.25, 0.3) is 0 Å². The minimum atomic E-state index is 0.324. The Morgan fingerprint density at radius 3 is 3.05 bits per heavy atom. The average Bonchev–Trinajstić information content (AvgIpc) is 3.01. The van der Waals surface area contributed by atoms with E-state index < -0.39 is 0 Å². The maximum absolute atomic E-state index is 6.01. The van der Waals surface area contributed by atoms with Crippen molar-refractivity contribution < 1.29 is 4.74 Å². The maximum atomic E-state index is 6.01. The van der Waals surface area contributed by atoms with E-state index in [1.165, 1.54) is 30.4 Å². The van der Waals surface area contributed by atoms with Crippen molar-refractivity contribution >= 4 is 11.8 Å². The van der Waals surface area contributed by atoms with Gasteiger partial charge in [0, 0.05) is 24.3 Å². The monoisotopic (exact) mass is 277 g/mol. The smallest absolute Gasteiger partial charge is 0.123 e. The van der Waals surface area contributed by atoms with Crippen LogP contribution in [0.5, 0.6) is 5.75 Å². The third-order valence-corrected chi connectivity index (χ3v) is 5.40. The number of hydrogen-bond donors (Lipinski definition) is 1. The molecular weight excluding hydrogens is 254 g/mol. The van der Waals surface area contributed by atoms with Crippen LogP contribution in [0.2, 0.25) is 0 Å². The second-order valence-corrected chi connectivity index (χ2v) is 6.97. The summed E-state index contributed by atoms with van der Waals surface area (Å²) >= 11 is 2.01. The lowest BCUT2D eigenvalue weighted by Crippen LogP contribution is -2.36. The van der Waals surface area contributed by atoms with Gasteiger partial charge < -0.3 is 10.1 Å². The van der Waals surface area contributed by atoms with E-state index in [0.717, 1.165) is 24.0 Å². The summed E-state index contributed by atoms with van der Waals surface area (Å²) in [4.78, 5) is 0. The molecule has 3 unspecified atom stereocenters. The molecule has 0 bridgehead atoms. The quantitative estimate of drug-likeness (QED) is 0.913. The van der Waals surface area contributed by atoms with Crippen LogP contribution in [0.3, 0.4) is 0 Å². The largest absolute Gasteiger partial charge is 0.488 e. The highest BCUT2D eigenvalue weighted by atomic mass is 32.2. The Kier molecular flexibility index (Phi) is 4.04. The van der Waals surface area contributed by atoms with Gasteiger partial charge in [-0.1, -0.05) is 17.7 Å². The summed E-state index contributed by atoms with van der Waals surface area (Å²) in [6.07, 6.45) is 7.62. The highest BCUT2D eigenvalue weighted by molar-refractivity contribution is 7.99. The Morgan fingerprint density at radius 1 is 1.37 bits per heavy atom. The van der Waals surface area contributed by atoms with Crippen molar-refractivity contribution in [1.82, 2.24) is 5.32 Å². The molecular formula is C16H23NOS. The summed E-state index contributed by atoms with van der Waals surface area (Å²) in [6.45, 7) is 3.13. The molecule has 1 aliphatic carbocycles. The van der Waals surface area contributed by atoms with Gasteiger partial charge in [0.2, 0.25) is 0 Å².